The van der Waals surface area contributed by atoms with Crippen LogP contribution in [0.15, 0.2) is 42.5 Å². The van der Waals surface area contributed by atoms with Crippen LogP contribution in [0.5, 0.6) is 11.5 Å². The molecule has 2 aromatic carbocycles. The van der Waals surface area contributed by atoms with Crippen molar-refractivity contribution in [3.05, 3.63) is 57.9 Å². The summed E-state index contributed by atoms with van der Waals surface area (Å²) in [5.41, 5.74) is 7.14. The number of aromatic nitrogens is 1. The van der Waals surface area contributed by atoms with E-state index in [1.807, 2.05) is 12.1 Å². The van der Waals surface area contributed by atoms with Crippen molar-refractivity contribution in [1.29, 1.82) is 0 Å². The van der Waals surface area contributed by atoms with Crippen molar-refractivity contribution in [3.63, 3.8) is 0 Å². The van der Waals surface area contributed by atoms with Crippen molar-refractivity contribution in [2.75, 3.05) is 25.3 Å². The molecule has 0 spiro atoms. The van der Waals surface area contributed by atoms with Crippen molar-refractivity contribution < 1.29 is 14.3 Å². The van der Waals surface area contributed by atoms with Gasteiger partial charge in [-0.2, -0.15) is 0 Å². The van der Waals surface area contributed by atoms with Crippen LogP contribution in [0.3, 0.4) is 0 Å². The van der Waals surface area contributed by atoms with E-state index in [9.17, 15) is 4.79 Å². The first-order valence-corrected chi connectivity index (χ1v) is 8.77. The van der Waals surface area contributed by atoms with E-state index in [4.69, 9.17) is 26.8 Å². The van der Waals surface area contributed by atoms with E-state index in [1.165, 1.54) is 25.6 Å². The van der Waals surface area contributed by atoms with Crippen molar-refractivity contribution in [2.45, 2.75) is 0 Å². The summed E-state index contributed by atoms with van der Waals surface area (Å²) in [4.78, 5) is 17.4. The molecule has 134 valence electrons. The fraction of sp³-hybridized carbons (Fsp3) is 0.111. The Bertz CT molecular complexity index is 959. The zero-order chi connectivity index (χ0) is 18.7. The van der Waals surface area contributed by atoms with Crippen LogP contribution in [0, 0.1) is 0 Å². The van der Waals surface area contributed by atoms with Crippen LogP contribution in [0.1, 0.15) is 15.2 Å². The summed E-state index contributed by atoms with van der Waals surface area (Å²) in [5.74, 6) is 0.947. The van der Waals surface area contributed by atoms with E-state index in [0.29, 0.717) is 32.1 Å². The standard InChI is InChI=1S/C18H16ClN3O3S/c1-24-13-7-6-10(8-14(13)25-2)15(23)16-17(20)22-18(26-16)21-12-5-3-4-11(19)9-12/h3-9H,20H2,1-2H3,(H,21,22). The summed E-state index contributed by atoms with van der Waals surface area (Å²) in [6, 6.07) is 12.1. The zero-order valence-electron chi connectivity index (χ0n) is 14.1. The number of nitrogen functional groups attached to an aromatic ring is 1. The lowest BCUT2D eigenvalue weighted by molar-refractivity contribution is 0.104. The minimum atomic E-state index is -0.236. The van der Waals surface area contributed by atoms with Crippen LogP contribution in [0.25, 0.3) is 0 Å². The third kappa shape index (κ3) is 3.74. The zero-order valence-corrected chi connectivity index (χ0v) is 15.6. The lowest BCUT2D eigenvalue weighted by atomic mass is 10.1. The molecule has 0 aliphatic carbocycles. The molecule has 0 aliphatic rings. The summed E-state index contributed by atoms with van der Waals surface area (Å²) in [6.07, 6.45) is 0. The molecule has 0 amide bonds. The first kappa shape index (κ1) is 18.0. The van der Waals surface area contributed by atoms with Gasteiger partial charge in [-0.3, -0.25) is 4.79 Å². The number of halogens is 1. The summed E-state index contributed by atoms with van der Waals surface area (Å²) in [6.45, 7) is 0. The van der Waals surface area contributed by atoms with Crippen LogP contribution in [0.2, 0.25) is 5.02 Å². The maximum atomic E-state index is 12.8. The molecule has 8 heteroatoms. The van der Waals surface area contributed by atoms with Crippen molar-refractivity contribution in [2.24, 2.45) is 0 Å². The van der Waals surface area contributed by atoms with Gasteiger partial charge >= 0.3 is 0 Å². The molecular formula is C18H16ClN3O3S. The van der Waals surface area contributed by atoms with Gasteiger partial charge in [0.05, 0.1) is 14.2 Å². The molecule has 26 heavy (non-hydrogen) atoms. The Kier molecular flexibility index (Phi) is 5.29. The summed E-state index contributed by atoms with van der Waals surface area (Å²) < 4.78 is 10.4. The van der Waals surface area contributed by atoms with E-state index < -0.39 is 0 Å². The molecule has 0 saturated heterocycles. The molecule has 0 saturated carbocycles. The van der Waals surface area contributed by atoms with E-state index >= 15 is 0 Å². The van der Waals surface area contributed by atoms with E-state index in [2.05, 4.69) is 10.3 Å². The predicted molar refractivity (Wildman–Crippen MR) is 104 cm³/mol. The van der Waals surface area contributed by atoms with E-state index in [0.717, 1.165) is 5.69 Å². The van der Waals surface area contributed by atoms with Crippen molar-refractivity contribution in [1.82, 2.24) is 4.98 Å². The van der Waals surface area contributed by atoms with E-state index in [-0.39, 0.29) is 11.6 Å². The van der Waals surface area contributed by atoms with Gasteiger partial charge in [0.15, 0.2) is 16.6 Å². The third-order valence-corrected chi connectivity index (χ3v) is 4.80. The molecule has 0 atom stereocenters. The number of hydrogen-bond acceptors (Lipinski definition) is 7. The average molecular weight is 390 g/mol. The lowest BCUT2D eigenvalue weighted by Crippen LogP contribution is -2.03. The molecule has 3 aromatic rings. The fourth-order valence-corrected chi connectivity index (χ4v) is 3.40. The van der Waals surface area contributed by atoms with Crippen LogP contribution in [-0.2, 0) is 0 Å². The van der Waals surface area contributed by atoms with Gasteiger partial charge in [-0.1, -0.05) is 29.0 Å². The number of nitrogens with two attached hydrogens (primary N) is 1. The molecule has 0 unspecified atom stereocenters. The predicted octanol–water partition coefficient (Wildman–Crippen LogP) is 4.37. The largest absolute Gasteiger partial charge is 0.493 e. The van der Waals surface area contributed by atoms with Gasteiger partial charge in [0.25, 0.3) is 0 Å². The van der Waals surface area contributed by atoms with Crippen LogP contribution >= 0.6 is 22.9 Å². The number of ketones is 1. The third-order valence-electron chi connectivity index (χ3n) is 3.58. The number of thiazole rings is 1. The summed E-state index contributed by atoms with van der Waals surface area (Å²) >= 11 is 7.15. The number of methoxy groups -OCH3 is 2. The van der Waals surface area contributed by atoms with Crippen molar-refractivity contribution >= 4 is 45.4 Å². The molecule has 6 nitrogen and oxygen atoms in total. The normalized spacial score (nSPS) is 10.4. The number of carbonyl (C=O) groups is 1. The highest BCUT2D eigenvalue weighted by molar-refractivity contribution is 7.18. The second-order valence-electron chi connectivity index (χ2n) is 5.27. The minimum absolute atomic E-state index is 0.166. The molecular weight excluding hydrogens is 374 g/mol. The number of hydrogen-bond donors (Lipinski definition) is 2. The molecule has 3 rings (SSSR count). The Labute approximate surface area is 159 Å². The van der Waals surface area contributed by atoms with Gasteiger partial charge in [-0.05, 0) is 36.4 Å². The summed E-state index contributed by atoms with van der Waals surface area (Å²) in [5, 5.41) is 4.21. The number of nitrogens with zero attached hydrogens (tertiary/aromatic N) is 1. The Hall–Kier alpha value is -2.77. The fourth-order valence-electron chi connectivity index (χ4n) is 2.35. The van der Waals surface area contributed by atoms with E-state index in [1.54, 1.807) is 30.3 Å². The lowest BCUT2D eigenvalue weighted by Gasteiger charge is -2.08. The van der Waals surface area contributed by atoms with Gasteiger partial charge in [0, 0.05) is 16.3 Å². The first-order valence-electron chi connectivity index (χ1n) is 7.57. The number of carbonyl (C=O) groups excluding carboxylic acids is 1. The van der Waals surface area contributed by atoms with Gasteiger partial charge < -0.3 is 20.5 Å². The molecule has 3 N–H and O–H groups in total. The second kappa shape index (κ2) is 7.63. The Morgan fingerprint density at radius 1 is 1.15 bits per heavy atom. The monoisotopic (exact) mass is 389 g/mol. The van der Waals surface area contributed by atoms with Crippen LogP contribution < -0.4 is 20.5 Å². The minimum Gasteiger partial charge on any atom is -0.493 e. The Morgan fingerprint density at radius 2 is 1.92 bits per heavy atom. The smallest absolute Gasteiger partial charge is 0.206 e. The quantitative estimate of drug-likeness (QED) is 0.609. The van der Waals surface area contributed by atoms with Crippen LogP contribution in [0.4, 0.5) is 16.6 Å². The highest BCUT2D eigenvalue weighted by atomic mass is 35.5. The maximum Gasteiger partial charge on any atom is 0.206 e. The maximum absolute atomic E-state index is 12.8. The molecule has 1 aromatic heterocycles. The Morgan fingerprint density at radius 3 is 2.62 bits per heavy atom. The van der Waals surface area contributed by atoms with Crippen LogP contribution in [-0.4, -0.2) is 25.0 Å². The van der Waals surface area contributed by atoms with Gasteiger partial charge in [0.1, 0.15) is 10.7 Å². The second-order valence-corrected chi connectivity index (χ2v) is 6.70. The highest BCUT2D eigenvalue weighted by Gasteiger charge is 2.19. The number of rotatable bonds is 6. The van der Waals surface area contributed by atoms with Gasteiger partial charge in [-0.15, -0.1) is 0 Å². The van der Waals surface area contributed by atoms with Gasteiger partial charge in [-0.25, -0.2) is 4.98 Å². The van der Waals surface area contributed by atoms with Gasteiger partial charge in [0.2, 0.25) is 5.78 Å². The number of benzene rings is 2. The highest BCUT2D eigenvalue weighted by Crippen LogP contribution is 2.33. The topological polar surface area (TPSA) is 86.5 Å². The number of nitrogens with one attached hydrogen (secondary N) is 1. The molecule has 0 radical (unpaired) electrons. The molecule has 1 heterocycles. The van der Waals surface area contributed by atoms with Crippen molar-refractivity contribution in [3.8, 4) is 11.5 Å². The average Bonchev–Trinajstić information content (AvgIpc) is 3.00. The summed E-state index contributed by atoms with van der Waals surface area (Å²) in [7, 11) is 3.05. The SMILES string of the molecule is COc1ccc(C(=O)c2sc(Nc3cccc(Cl)c3)nc2N)cc1OC. The Balaban J connectivity index is 1.87. The molecule has 0 bridgehead atoms. The number of ether oxygens (including phenoxy) is 2. The number of anilines is 3. The molecule has 0 aliphatic heterocycles. The first-order chi connectivity index (χ1) is 12.5. The molecule has 0 fully saturated rings.